The summed E-state index contributed by atoms with van der Waals surface area (Å²) in [6.45, 7) is 10.9. The minimum Gasteiger partial charge on any atom is -0.370 e. The Bertz CT molecular complexity index is 1240. The van der Waals surface area contributed by atoms with E-state index in [0.717, 1.165) is 62.4 Å². The van der Waals surface area contributed by atoms with Gasteiger partial charge in [-0.2, -0.15) is 10.4 Å². The first-order valence-corrected chi connectivity index (χ1v) is 12.3. The number of benzene rings is 1. The van der Waals surface area contributed by atoms with Crippen LogP contribution in [0.15, 0.2) is 36.7 Å². The molecule has 1 aromatic carbocycles. The van der Waals surface area contributed by atoms with E-state index in [1.807, 2.05) is 12.1 Å². The van der Waals surface area contributed by atoms with Crippen LogP contribution in [0, 0.1) is 11.3 Å². The number of likely N-dealkylation sites (tertiary alicyclic amines) is 1. The highest BCUT2D eigenvalue weighted by atomic mass is 16.5. The molecule has 8 heteroatoms. The Morgan fingerprint density at radius 3 is 2.88 bits per heavy atom. The third kappa shape index (κ3) is 3.84. The number of nitrogens with one attached hydrogen (secondary N) is 1. The lowest BCUT2D eigenvalue weighted by Crippen LogP contribution is -2.56. The number of aromatic nitrogens is 3. The Morgan fingerprint density at radius 2 is 2.06 bits per heavy atom. The van der Waals surface area contributed by atoms with Gasteiger partial charge in [-0.3, -0.25) is 14.6 Å². The summed E-state index contributed by atoms with van der Waals surface area (Å²) in [5.74, 6) is 0.484. The monoisotopic (exact) mass is 457 g/mol. The average molecular weight is 458 g/mol. The van der Waals surface area contributed by atoms with Crippen LogP contribution in [0.2, 0.25) is 0 Å². The van der Waals surface area contributed by atoms with Gasteiger partial charge in [0, 0.05) is 80.8 Å². The van der Waals surface area contributed by atoms with Crippen LogP contribution in [0.3, 0.4) is 0 Å². The number of pyridine rings is 1. The van der Waals surface area contributed by atoms with Crippen molar-refractivity contribution in [1.82, 2.24) is 25.0 Å². The summed E-state index contributed by atoms with van der Waals surface area (Å²) in [5.41, 5.74) is 5.14. The molecule has 0 radical (unpaired) electrons. The molecule has 3 aliphatic heterocycles. The summed E-state index contributed by atoms with van der Waals surface area (Å²) in [6.07, 6.45) is 4.28. The summed E-state index contributed by atoms with van der Waals surface area (Å²) in [4.78, 5) is 9.36. The van der Waals surface area contributed by atoms with Crippen LogP contribution >= 0.6 is 0 Å². The first kappa shape index (κ1) is 21.5. The maximum atomic E-state index is 9.48. The highest BCUT2D eigenvalue weighted by molar-refractivity contribution is 5.95. The Morgan fingerprint density at radius 1 is 1.18 bits per heavy atom. The zero-order chi connectivity index (χ0) is 23.2. The summed E-state index contributed by atoms with van der Waals surface area (Å²) >= 11 is 0. The maximum absolute atomic E-state index is 9.48. The van der Waals surface area contributed by atoms with E-state index in [1.54, 1.807) is 6.20 Å². The minimum atomic E-state index is 0.141. The smallest absolute Gasteiger partial charge is 0.101 e. The van der Waals surface area contributed by atoms with E-state index in [2.05, 4.69) is 63.0 Å². The first-order chi connectivity index (χ1) is 16.6. The first-order valence-electron chi connectivity index (χ1n) is 12.3. The number of ether oxygens (including phenoxy) is 1. The summed E-state index contributed by atoms with van der Waals surface area (Å²) < 4.78 is 8.53. The SMILES string of the molecule is C[C@@H]1CN(c2ccc(C#N)c3ncccc23)C[C@H](CN2CC(n3cc4c(n3)[C@H](C)CNC4)C2)O1. The number of fused-ring (bicyclic) bond motifs is 2. The van der Waals surface area contributed by atoms with Crippen molar-refractivity contribution in [2.75, 3.05) is 44.2 Å². The third-order valence-electron chi connectivity index (χ3n) is 7.38. The molecule has 0 amide bonds. The summed E-state index contributed by atoms with van der Waals surface area (Å²) in [7, 11) is 0. The van der Waals surface area contributed by atoms with E-state index in [-0.39, 0.29) is 12.2 Å². The topological polar surface area (TPSA) is 82.2 Å². The second kappa shape index (κ2) is 8.66. The van der Waals surface area contributed by atoms with Crippen molar-refractivity contribution in [1.29, 1.82) is 5.26 Å². The molecule has 0 spiro atoms. The molecule has 0 saturated carbocycles. The molecule has 3 atom stereocenters. The van der Waals surface area contributed by atoms with Crippen LogP contribution < -0.4 is 10.2 Å². The molecule has 5 heterocycles. The number of hydrogen-bond donors (Lipinski definition) is 1. The number of nitriles is 1. The molecule has 1 N–H and O–H groups in total. The van der Waals surface area contributed by atoms with E-state index >= 15 is 0 Å². The van der Waals surface area contributed by atoms with Crippen LogP contribution in [0.1, 0.15) is 42.6 Å². The Labute approximate surface area is 200 Å². The standard InChI is InChI=1S/C26H31N7O/c1-17-9-28-10-20-12-33(30-25(17)20)21-13-31(14-21)15-22-16-32(11-18(2)34-22)24-6-5-19(8-27)26-23(24)4-3-7-29-26/h3-7,12,17-18,21-22,28H,9-11,13-16H2,1-2H3/t17-,18-,22+/m1/s1. The Balaban J connectivity index is 1.13. The average Bonchev–Trinajstić information content (AvgIpc) is 3.25. The van der Waals surface area contributed by atoms with E-state index < -0.39 is 0 Å². The molecule has 2 fully saturated rings. The number of rotatable bonds is 4. The molecule has 176 valence electrons. The molecule has 2 saturated heterocycles. The van der Waals surface area contributed by atoms with Crippen molar-refractivity contribution in [2.24, 2.45) is 0 Å². The second-order valence-corrected chi connectivity index (χ2v) is 10.0. The summed E-state index contributed by atoms with van der Waals surface area (Å²) in [6, 6.07) is 10.7. The van der Waals surface area contributed by atoms with Gasteiger partial charge in [-0.1, -0.05) is 6.92 Å². The van der Waals surface area contributed by atoms with Crippen LogP contribution in [0.5, 0.6) is 0 Å². The van der Waals surface area contributed by atoms with Gasteiger partial charge in [0.25, 0.3) is 0 Å². The van der Waals surface area contributed by atoms with Gasteiger partial charge in [0.1, 0.15) is 6.07 Å². The second-order valence-electron chi connectivity index (χ2n) is 10.0. The minimum absolute atomic E-state index is 0.141. The molecular weight excluding hydrogens is 426 g/mol. The van der Waals surface area contributed by atoms with Crippen LogP contribution in [0.4, 0.5) is 5.69 Å². The quantitative estimate of drug-likeness (QED) is 0.645. The van der Waals surface area contributed by atoms with Gasteiger partial charge < -0.3 is 15.0 Å². The van der Waals surface area contributed by atoms with Crippen LogP contribution in [0.25, 0.3) is 10.9 Å². The number of morpholine rings is 1. The van der Waals surface area contributed by atoms with E-state index in [9.17, 15) is 5.26 Å². The molecule has 2 aromatic heterocycles. The fraction of sp³-hybridized carbons (Fsp3) is 0.500. The summed E-state index contributed by atoms with van der Waals surface area (Å²) in [5, 5.41) is 18.9. The molecule has 3 aliphatic rings. The Kier molecular flexibility index (Phi) is 5.48. The van der Waals surface area contributed by atoms with Gasteiger partial charge in [0.05, 0.1) is 35.0 Å². The van der Waals surface area contributed by atoms with Crippen molar-refractivity contribution in [3.05, 3.63) is 53.5 Å². The molecule has 0 aliphatic carbocycles. The van der Waals surface area contributed by atoms with Gasteiger partial charge in [-0.05, 0) is 31.2 Å². The van der Waals surface area contributed by atoms with Crippen molar-refractivity contribution < 1.29 is 4.74 Å². The van der Waals surface area contributed by atoms with Gasteiger partial charge in [-0.25, -0.2) is 0 Å². The molecule has 3 aromatic rings. The normalized spacial score (nSPS) is 25.7. The number of anilines is 1. The van der Waals surface area contributed by atoms with Crippen molar-refractivity contribution in [3.63, 3.8) is 0 Å². The van der Waals surface area contributed by atoms with Gasteiger partial charge in [0.2, 0.25) is 0 Å². The largest absolute Gasteiger partial charge is 0.370 e. The molecule has 0 unspecified atom stereocenters. The van der Waals surface area contributed by atoms with E-state index in [4.69, 9.17) is 9.84 Å². The Hall–Kier alpha value is -2.99. The third-order valence-corrected chi connectivity index (χ3v) is 7.38. The predicted molar refractivity (Wildman–Crippen MR) is 131 cm³/mol. The lowest BCUT2D eigenvalue weighted by atomic mass is 10.0. The van der Waals surface area contributed by atoms with E-state index in [0.29, 0.717) is 17.5 Å². The molecule has 34 heavy (non-hydrogen) atoms. The number of nitrogens with zero attached hydrogens (tertiary/aromatic N) is 6. The van der Waals surface area contributed by atoms with E-state index in [1.165, 1.54) is 11.3 Å². The fourth-order valence-corrected chi connectivity index (χ4v) is 5.71. The van der Waals surface area contributed by atoms with Crippen molar-refractivity contribution in [2.45, 2.75) is 44.6 Å². The van der Waals surface area contributed by atoms with Crippen LogP contribution in [-0.4, -0.2) is 71.1 Å². The maximum Gasteiger partial charge on any atom is 0.101 e. The van der Waals surface area contributed by atoms with Crippen LogP contribution in [-0.2, 0) is 11.3 Å². The lowest BCUT2D eigenvalue weighted by molar-refractivity contribution is -0.0489. The number of hydrogen-bond acceptors (Lipinski definition) is 7. The highest BCUT2D eigenvalue weighted by Crippen LogP contribution is 2.31. The highest BCUT2D eigenvalue weighted by Gasteiger charge is 2.35. The fourth-order valence-electron chi connectivity index (χ4n) is 5.71. The molecular formula is C26H31N7O. The zero-order valence-corrected chi connectivity index (χ0v) is 19.8. The molecule has 0 bridgehead atoms. The molecule has 8 nitrogen and oxygen atoms in total. The lowest BCUT2D eigenvalue weighted by Gasteiger charge is -2.44. The van der Waals surface area contributed by atoms with Gasteiger partial charge >= 0.3 is 0 Å². The zero-order valence-electron chi connectivity index (χ0n) is 19.8. The molecule has 6 rings (SSSR count). The van der Waals surface area contributed by atoms with Crippen molar-refractivity contribution in [3.8, 4) is 6.07 Å². The predicted octanol–water partition coefficient (Wildman–Crippen LogP) is 2.66. The van der Waals surface area contributed by atoms with Crippen molar-refractivity contribution >= 4 is 16.6 Å². The van der Waals surface area contributed by atoms with Gasteiger partial charge in [0.15, 0.2) is 0 Å². The van der Waals surface area contributed by atoms with Gasteiger partial charge in [-0.15, -0.1) is 0 Å².